The van der Waals surface area contributed by atoms with E-state index < -0.39 is 0 Å². The van der Waals surface area contributed by atoms with Gasteiger partial charge in [0.25, 0.3) is 0 Å². The highest BCUT2D eigenvalue weighted by Crippen LogP contribution is 2.13. The summed E-state index contributed by atoms with van der Waals surface area (Å²) < 4.78 is 5.30. The smallest absolute Gasteiger partial charge is 0.342 e. The number of hydrogen-bond donors (Lipinski definition) is 0. The van der Waals surface area contributed by atoms with Gasteiger partial charge in [-0.3, -0.25) is 0 Å². The second-order valence-corrected chi connectivity index (χ2v) is 7.47. The summed E-state index contributed by atoms with van der Waals surface area (Å²) >= 11 is 0. The number of esters is 1. The van der Waals surface area contributed by atoms with Crippen molar-refractivity contribution in [1.29, 1.82) is 0 Å². The second-order valence-electron chi connectivity index (χ2n) is 7.47. The van der Waals surface area contributed by atoms with E-state index in [9.17, 15) is 4.79 Å². The molecule has 0 spiro atoms. The maximum atomic E-state index is 12.3. The standard InChI is InChI=1S/C29H24O2/c30-29(28-17-15-27(16-18-28)22-25-9-5-2-6-10-25)31-20-19-23-11-13-26(14-12-23)21-24-7-3-1-4-8-24/h1-20H,21-22H2. The molecule has 2 nitrogen and oxygen atoms in total. The van der Waals surface area contributed by atoms with Crippen LogP contribution < -0.4 is 0 Å². The highest BCUT2D eigenvalue weighted by Gasteiger charge is 2.06. The lowest BCUT2D eigenvalue weighted by Crippen LogP contribution is -2.00. The SMILES string of the molecule is O=C(OC=Cc1ccc(Cc2ccccc2)cc1)c1ccc(Cc2ccccc2)cc1. The lowest BCUT2D eigenvalue weighted by Gasteiger charge is -2.04. The molecule has 31 heavy (non-hydrogen) atoms. The monoisotopic (exact) mass is 404 g/mol. The van der Waals surface area contributed by atoms with Crippen molar-refractivity contribution in [1.82, 2.24) is 0 Å². The van der Waals surface area contributed by atoms with E-state index in [4.69, 9.17) is 4.74 Å². The fourth-order valence-corrected chi connectivity index (χ4v) is 3.41. The fourth-order valence-electron chi connectivity index (χ4n) is 3.41. The Balaban J connectivity index is 1.30. The number of ether oxygens (including phenoxy) is 1. The van der Waals surface area contributed by atoms with Crippen LogP contribution in [0.3, 0.4) is 0 Å². The van der Waals surface area contributed by atoms with Crippen LogP contribution in [0.4, 0.5) is 0 Å². The van der Waals surface area contributed by atoms with E-state index in [2.05, 4.69) is 48.5 Å². The van der Waals surface area contributed by atoms with E-state index in [0.29, 0.717) is 5.56 Å². The molecule has 0 bridgehead atoms. The average Bonchev–Trinajstić information content (AvgIpc) is 2.82. The van der Waals surface area contributed by atoms with Gasteiger partial charge in [0.15, 0.2) is 0 Å². The van der Waals surface area contributed by atoms with Gasteiger partial charge in [-0.2, -0.15) is 0 Å². The maximum absolute atomic E-state index is 12.3. The van der Waals surface area contributed by atoms with Crippen LogP contribution >= 0.6 is 0 Å². The van der Waals surface area contributed by atoms with Crippen molar-refractivity contribution in [2.45, 2.75) is 12.8 Å². The van der Waals surface area contributed by atoms with Crippen molar-refractivity contribution in [3.63, 3.8) is 0 Å². The van der Waals surface area contributed by atoms with E-state index in [1.165, 1.54) is 23.0 Å². The molecule has 0 unspecified atom stereocenters. The van der Waals surface area contributed by atoms with Gasteiger partial charge in [0, 0.05) is 0 Å². The minimum Gasteiger partial charge on any atom is -0.431 e. The molecule has 0 atom stereocenters. The molecule has 0 aromatic heterocycles. The molecule has 0 aliphatic rings. The molecule has 2 heteroatoms. The Morgan fingerprint density at radius 3 is 1.55 bits per heavy atom. The number of carbonyl (C=O) groups excluding carboxylic acids is 1. The highest BCUT2D eigenvalue weighted by atomic mass is 16.5. The van der Waals surface area contributed by atoms with Gasteiger partial charge in [0.2, 0.25) is 0 Å². The first kappa shape index (κ1) is 20.4. The Bertz CT molecular complexity index is 1130. The molecule has 0 amide bonds. The van der Waals surface area contributed by atoms with Crippen LogP contribution in [0.2, 0.25) is 0 Å². The Kier molecular flexibility index (Phi) is 6.71. The molecule has 152 valence electrons. The molecular formula is C29H24O2. The van der Waals surface area contributed by atoms with Crippen LogP contribution in [-0.4, -0.2) is 5.97 Å². The van der Waals surface area contributed by atoms with Gasteiger partial charge in [0.05, 0.1) is 11.8 Å². The topological polar surface area (TPSA) is 26.3 Å². The zero-order valence-corrected chi connectivity index (χ0v) is 17.3. The van der Waals surface area contributed by atoms with E-state index in [0.717, 1.165) is 24.0 Å². The Morgan fingerprint density at radius 1 is 0.581 bits per heavy atom. The van der Waals surface area contributed by atoms with Crippen LogP contribution in [0.5, 0.6) is 0 Å². The van der Waals surface area contributed by atoms with Crippen molar-refractivity contribution in [3.8, 4) is 0 Å². The lowest BCUT2D eigenvalue weighted by atomic mass is 10.0. The molecular weight excluding hydrogens is 380 g/mol. The van der Waals surface area contributed by atoms with Crippen LogP contribution in [0.15, 0.2) is 115 Å². The third-order valence-corrected chi connectivity index (χ3v) is 5.11. The molecule has 0 saturated heterocycles. The average molecular weight is 405 g/mol. The summed E-state index contributed by atoms with van der Waals surface area (Å²) in [6.07, 6.45) is 5.00. The molecule has 0 aliphatic heterocycles. The van der Waals surface area contributed by atoms with E-state index in [1.54, 1.807) is 6.08 Å². The molecule has 0 N–H and O–H groups in total. The summed E-state index contributed by atoms with van der Waals surface area (Å²) in [4.78, 5) is 12.3. The summed E-state index contributed by atoms with van der Waals surface area (Å²) in [6.45, 7) is 0. The fraction of sp³-hybridized carbons (Fsp3) is 0.0690. The quantitative estimate of drug-likeness (QED) is 0.253. The van der Waals surface area contributed by atoms with Crippen molar-refractivity contribution in [3.05, 3.63) is 149 Å². The van der Waals surface area contributed by atoms with Gasteiger partial charge < -0.3 is 4.74 Å². The summed E-state index contributed by atoms with van der Waals surface area (Å²) in [7, 11) is 0. The molecule has 4 rings (SSSR count). The third kappa shape index (κ3) is 6.03. The zero-order chi connectivity index (χ0) is 21.3. The van der Waals surface area contributed by atoms with Gasteiger partial charge >= 0.3 is 5.97 Å². The van der Waals surface area contributed by atoms with E-state index in [-0.39, 0.29) is 5.97 Å². The van der Waals surface area contributed by atoms with Gasteiger partial charge in [-0.1, -0.05) is 97.1 Å². The van der Waals surface area contributed by atoms with Crippen LogP contribution in [0.1, 0.15) is 38.2 Å². The number of carbonyl (C=O) groups is 1. The summed E-state index contributed by atoms with van der Waals surface area (Å²) in [5.74, 6) is -0.358. The molecule has 4 aromatic carbocycles. The van der Waals surface area contributed by atoms with Crippen molar-refractivity contribution in [2.24, 2.45) is 0 Å². The predicted octanol–water partition coefficient (Wildman–Crippen LogP) is 6.70. The van der Waals surface area contributed by atoms with E-state index in [1.807, 2.05) is 60.7 Å². The van der Waals surface area contributed by atoms with Gasteiger partial charge in [0.1, 0.15) is 0 Å². The largest absolute Gasteiger partial charge is 0.431 e. The highest BCUT2D eigenvalue weighted by molar-refractivity contribution is 5.90. The zero-order valence-electron chi connectivity index (χ0n) is 17.3. The first-order valence-corrected chi connectivity index (χ1v) is 10.4. The number of benzene rings is 4. The van der Waals surface area contributed by atoms with Gasteiger partial charge in [-0.05, 0) is 58.9 Å². The summed E-state index contributed by atoms with van der Waals surface area (Å²) in [5.41, 5.74) is 6.47. The first-order chi connectivity index (χ1) is 15.3. The summed E-state index contributed by atoms with van der Waals surface area (Å²) in [6, 6.07) is 36.5. The molecule has 0 radical (unpaired) electrons. The number of hydrogen-bond acceptors (Lipinski definition) is 2. The first-order valence-electron chi connectivity index (χ1n) is 10.4. The van der Waals surface area contributed by atoms with Gasteiger partial charge in [-0.15, -0.1) is 0 Å². The van der Waals surface area contributed by atoms with Crippen LogP contribution in [0, 0.1) is 0 Å². The Labute approximate surface area is 183 Å². The van der Waals surface area contributed by atoms with Crippen molar-refractivity contribution in [2.75, 3.05) is 0 Å². The molecule has 0 heterocycles. The molecule has 0 aliphatic carbocycles. The van der Waals surface area contributed by atoms with Crippen LogP contribution in [0.25, 0.3) is 6.08 Å². The predicted molar refractivity (Wildman–Crippen MR) is 126 cm³/mol. The maximum Gasteiger partial charge on any atom is 0.342 e. The minimum absolute atomic E-state index is 0.358. The Morgan fingerprint density at radius 2 is 1.03 bits per heavy atom. The number of rotatable bonds is 7. The van der Waals surface area contributed by atoms with E-state index >= 15 is 0 Å². The third-order valence-electron chi connectivity index (χ3n) is 5.11. The van der Waals surface area contributed by atoms with Crippen molar-refractivity contribution >= 4 is 12.0 Å². The van der Waals surface area contributed by atoms with Crippen molar-refractivity contribution < 1.29 is 9.53 Å². The normalized spacial score (nSPS) is 10.8. The molecule has 0 fully saturated rings. The Hall–Kier alpha value is -3.91. The van der Waals surface area contributed by atoms with Crippen LogP contribution in [-0.2, 0) is 17.6 Å². The van der Waals surface area contributed by atoms with Gasteiger partial charge in [-0.25, -0.2) is 4.79 Å². The second kappa shape index (κ2) is 10.2. The summed E-state index contributed by atoms with van der Waals surface area (Å²) in [5, 5.41) is 0. The minimum atomic E-state index is -0.358. The molecule has 0 saturated carbocycles. The lowest BCUT2D eigenvalue weighted by molar-refractivity contribution is 0.0665. The molecule has 4 aromatic rings.